The van der Waals surface area contributed by atoms with E-state index in [1.165, 1.54) is 11.3 Å². The normalized spacial score (nSPS) is 14.8. The average molecular weight is 486 g/mol. The highest BCUT2D eigenvalue weighted by Gasteiger charge is 2.35. The van der Waals surface area contributed by atoms with E-state index in [4.69, 9.17) is 9.72 Å². The Bertz CT molecular complexity index is 1390. The predicted molar refractivity (Wildman–Crippen MR) is 134 cm³/mol. The number of fused-ring (bicyclic) bond motifs is 2. The van der Waals surface area contributed by atoms with Gasteiger partial charge in [-0.15, -0.1) is 10.2 Å². The van der Waals surface area contributed by atoms with E-state index in [0.717, 1.165) is 22.4 Å². The van der Waals surface area contributed by atoms with Crippen molar-refractivity contribution in [2.45, 2.75) is 12.8 Å². The maximum Gasteiger partial charge on any atom is 0.253 e. The second kappa shape index (κ2) is 9.27. The van der Waals surface area contributed by atoms with Crippen molar-refractivity contribution in [3.05, 3.63) is 82.9 Å². The van der Waals surface area contributed by atoms with Gasteiger partial charge in [0.1, 0.15) is 11.3 Å². The van der Waals surface area contributed by atoms with E-state index < -0.39 is 5.92 Å². The van der Waals surface area contributed by atoms with Crippen LogP contribution in [0.3, 0.4) is 0 Å². The number of para-hydroxylation sites is 1. The number of rotatable bonds is 5. The maximum atomic E-state index is 13.1. The van der Waals surface area contributed by atoms with Crippen LogP contribution in [0.2, 0.25) is 0 Å². The zero-order valence-corrected chi connectivity index (χ0v) is 20.2. The van der Waals surface area contributed by atoms with Crippen LogP contribution < -0.4 is 10.1 Å². The van der Waals surface area contributed by atoms with Crippen molar-refractivity contribution < 1.29 is 14.3 Å². The highest BCUT2D eigenvalue weighted by Crippen LogP contribution is 2.47. The van der Waals surface area contributed by atoms with E-state index in [1.807, 2.05) is 55.5 Å². The highest BCUT2D eigenvalue weighted by molar-refractivity contribution is 7.13. The van der Waals surface area contributed by atoms with Gasteiger partial charge in [0.2, 0.25) is 16.9 Å². The minimum Gasteiger partial charge on any atom is -0.438 e. The van der Waals surface area contributed by atoms with Crippen LogP contribution in [0.4, 0.5) is 5.13 Å². The predicted octanol–water partition coefficient (Wildman–Crippen LogP) is 4.81. The molecule has 2 atom stereocenters. The molecular weight excluding hydrogens is 462 g/mol. The molecule has 2 amide bonds. The molecular formula is C26H23N5O3S. The fraction of sp³-hybridized carbons (Fsp3) is 0.192. The van der Waals surface area contributed by atoms with E-state index in [-0.39, 0.29) is 17.7 Å². The molecule has 4 aromatic rings. The first-order valence-electron chi connectivity index (χ1n) is 11.1. The number of anilines is 1. The summed E-state index contributed by atoms with van der Waals surface area (Å²) in [7, 11) is 3.45. The lowest BCUT2D eigenvalue weighted by Gasteiger charge is -2.31. The lowest BCUT2D eigenvalue weighted by atomic mass is 9.79. The molecule has 1 aliphatic rings. The Morgan fingerprint density at radius 3 is 2.51 bits per heavy atom. The largest absolute Gasteiger partial charge is 0.438 e. The van der Waals surface area contributed by atoms with Crippen LogP contribution in [-0.4, -0.2) is 46.0 Å². The Morgan fingerprint density at radius 2 is 1.80 bits per heavy atom. The molecule has 35 heavy (non-hydrogen) atoms. The summed E-state index contributed by atoms with van der Waals surface area (Å²) in [5.41, 5.74) is 5.54. The third-order valence-corrected chi connectivity index (χ3v) is 6.63. The summed E-state index contributed by atoms with van der Waals surface area (Å²) in [6.07, 6.45) is 0. The van der Waals surface area contributed by atoms with Gasteiger partial charge >= 0.3 is 0 Å². The van der Waals surface area contributed by atoms with Crippen molar-refractivity contribution >= 4 is 28.3 Å². The number of carbonyl (C=O) groups is 2. The van der Waals surface area contributed by atoms with Gasteiger partial charge < -0.3 is 15.0 Å². The van der Waals surface area contributed by atoms with Gasteiger partial charge in [0.25, 0.3) is 5.91 Å². The molecule has 1 N–H and O–H groups in total. The van der Waals surface area contributed by atoms with Gasteiger partial charge in [-0.25, -0.2) is 4.98 Å². The summed E-state index contributed by atoms with van der Waals surface area (Å²) in [6.45, 7) is 1.89. The van der Waals surface area contributed by atoms with Crippen molar-refractivity contribution in [3.63, 3.8) is 0 Å². The topological polar surface area (TPSA) is 97.3 Å². The highest BCUT2D eigenvalue weighted by atomic mass is 32.1. The van der Waals surface area contributed by atoms with E-state index in [0.29, 0.717) is 22.3 Å². The molecule has 2 aromatic heterocycles. The minimum atomic E-state index is -0.410. The number of nitrogens with zero attached hydrogens (tertiary/aromatic N) is 4. The molecule has 0 saturated carbocycles. The van der Waals surface area contributed by atoms with Crippen molar-refractivity contribution in [2.24, 2.45) is 5.92 Å². The van der Waals surface area contributed by atoms with Crippen LogP contribution in [0.1, 0.15) is 34.3 Å². The molecule has 1 aliphatic heterocycles. The van der Waals surface area contributed by atoms with E-state index in [1.54, 1.807) is 36.6 Å². The fourth-order valence-electron chi connectivity index (χ4n) is 4.21. The molecule has 0 fully saturated rings. The number of ether oxygens (including phenoxy) is 1. The molecule has 8 nitrogen and oxygen atoms in total. The molecule has 0 aliphatic carbocycles. The number of nitrogens with one attached hydrogen (secondary N) is 1. The fourth-order valence-corrected chi connectivity index (χ4v) is 4.66. The number of amides is 2. The summed E-state index contributed by atoms with van der Waals surface area (Å²) >= 11 is 1.28. The van der Waals surface area contributed by atoms with Gasteiger partial charge in [0.05, 0.1) is 5.69 Å². The van der Waals surface area contributed by atoms with E-state index in [9.17, 15) is 9.59 Å². The van der Waals surface area contributed by atoms with Gasteiger partial charge in [-0.2, -0.15) is 0 Å². The third kappa shape index (κ3) is 4.38. The number of aromatic nitrogens is 3. The number of hydrogen-bond acceptors (Lipinski definition) is 7. The first-order valence-corrected chi connectivity index (χ1v) is 12.0. The van der Waals surface area contributed by atoms with Crippen LogP contribution in [0.15, 0.2) is 66.2 Å². The second-order valence-electron chi connectivity index (χ2n) is 8.51. The smallest absolute Gasteiger partial charge is 0.253 e. The van der Waals surface area contributed by atoms with Crippen LogP contribution in [0.25, 0.3) is 11.3 Å². The minimum absolute atomic E-state index is 0.0569. The first kappa shape index (κ1) is 22.7. The summed E-state index contributed by atoms with van der Waals surface area (Å²) in [4.78, 5) is 31.6. The lowest BCUT2D eigenvalue weighted by Crippen LogP contribution is -2.28. The SMILES string of the molecule is CC(C(=O)Nc1nncs1)C1c2ccccc2Oc2nc(-c3ccc(C(=O)N(C)C)cc3)ccc21. The Balaban J connectivity index is 1.49. The molecule has 0 radical (unpaired) electrons. The monoisotopic (exact) mass is 485 g/mol. The summed E-state index contributed by atoms with van der Waals surface area (Å²) in [5, 5.41) is 11.0. The third-order valence-electron chi connectivity index (χ3n) is 6.02. The van der Waals surface area contributed by atoms with Crippen LogP contribution >= 0.6 is 11.3 Å². The molecule has 0 spiro atoms. The Morgan fingerprint density at radius 1 is 1.03 bits per heavy atom. The molecule has 176 valence electrons. The number of benzene rings is 2. The van der Waals surface area contributed by atoms with Gasteiger partial charge in [-0.3, -0.25) is 9.59 Å². The number of pyridine rings is 1. The molecule has 0 bridgehead atoms. The van der Waals surface area contributed by atoms with Crippen LogP contribution in [0.5, 0.6) is 11.6 Å². The van der Waals surface area contributed by atoms with Crippen molar-refractivity contribution in [1.82, 2.24) is 20.1 Å². The Hall–Kier alpha value is -4.11. The lowest BCUT2D eigenvalue weighted by molar-refractivity contribution is -0.119. The van der Waals surface area contributed by atoms with Gasteiger partial charge in [-0.1, -0.05) is 54.7 Å². The second-order valence-corrected chi connectivity index (χ2v) is 9.34. The summed E-state index contributed by atoms with van der Waals surface area (Å²) in [6, 6.07) is 18.9. The van der Waals surface area contributed by atoms with Gasteiger partial charge in [0, 0.05) is 48.2 Å². The van der Waals surface area contributed by atoms with Gasteiger partial charge in [0.15, 0.2) is 0 Å². The molecule has 9 heteroatoms. The summed E-state index contributed by atoms with van der Waals surface area (Å²) < 4.78 is 6.18. The number of carbonyl (C=O) groups excluding carboxylic acids is 2. The molecule has 0 saturated heterocycles. The maximum absolute atomic E-state index is 13.1. The Kier molecular flexibility index (Phi) is 6.00. The van der Waals surface area contributed by atoms with Crippen LogP contribution in [-0.2, 0) is 4.79 Å². The quantitative estimate of drug-likeness (QED) is 0.436. The van der Waals surface area contributed by atoms with Gasteiger partial charge in [-0.05, 0) is 24.3 Å². The van der Waals surface area contributed by atoms with Crippen molar-refractivity contribution in [1.29, 1.82) is 0 Å². The first-order chi connectivity index (χ1) is 16.9. The Labute approximate surface area is 206 Å². The molecule has 2 unspecified atom stereocenters. The summed E-state index contributed by atoms with van der Waals surface area (Å²) in [5.74, 6) is 0.279. The van der Waals surface area contributed by atoms with Crippen LogP contribution in [0, 0.1) is 5.92 Å². The standard InChI is InChI=1S/C26H23N5O3S/c1-15(23(32)29-26-30-27-14-35-26)22-18-6-4-5-7-21(18)34-24-19(22)12-13-20(28-24)16-8-10-17(11-9-16)25(33)31(2)3/h4-15,22H,1-3H3,(H,29,30,32). The zero-order valence-electron chi connectivity index (χ0n) is 19.4. The van der Waals surface area contributed by atoms with Crippen molar-refractivity contribution in [3.8, 4) is 22.9 Å². The molecule has 2 aromatic carbocycles. The average Bonchev–Trinajstić information content (AvgIpc) is 3.39. The molecule has 5 rings (SSSR count). The van der Waals surface area contributed by atoms with E-state index >= 15 is 0 Å². The van der Waals surface area contributed by atoms with Crippen molar-refractivity contribution in [2.75, 3.05) is 19.4 Å². The molecule has 3 heterocycles. The zero-order chi connectivity index (χ0) is 24.5. The van der Waals surface area contributed by atoms with E-state index in [2.05, 4.69) is 15.5 Å². The number of hydrogen-bond donors (Lipinski definition) is 1.